The Labute approximate surface area is 213 Å². The minimum absolute atomic E-state index is 0.00302. The summed E-state index contributed by atoms with van der Waals surface area (Å²) in [6, 6.07) is 17.5. The maximum atomic E-state index is 13.4. The van der Waals surface area contributed by atoms with E-state index >= 15 is 0 Å². The lowest BCUT2D eigenvalue weighted by molar-refractivity contribution is -0.112. The Hall–Kier alpha value is -2.45. The van der Waals surface area contributed by atoms with Crippen molar-refractivity contribution in [3.63, 3.8) is 0 Å². The van der Waals surface area contributed by atoms with Crippen LogP contribution in [-0.4, -0.2) is 5.91 Å². The third kappa shape index (κ3) is 6.29. The topological polar surface area (TPSA) is 62.1 Å². The highest BCUT2D eigenvalue weighted by molar-refractivity contribution is 14.1. The lowest BCUT2D eigenvalue weighted by atomic mass is 10.1. The normalized spacial score (nSPS) is 11.1. The van der Waals surface area contributed by atoms with E-state index in [1.165, 1.54) is 12.1 Å². The van der Waals surface area contributed by atoms with Crippen LogP contribution in [0.1, 0.15) is 22.3 Å². The first kappa shape index (κ1) is 24.2. The van der Waals surface area contributed by atoms with Crippen LogP contribution < -0.4 is 10.1 Å². The summed E-state index contributed by atoms with van der Waals surface area (Å²) in [5.41, 5.74) is 4.28. The number of halogens is 3. The number of rotatable bonds is 6. The minimum atomic E-state index is -0.466. The molecule has 0 saturated carbocycles. The fraction of sp³-hybridized carbons (Fsp3) is 0.120. The van der Waals surface area contributed by atoms with E-state index in [1.54, 1.807) is 18.2 Å². The van der Waals surface area contributed by atoms with Gasteiger partial charge in [-0.25, -0.2) is 4.39 Å². The Morgan fingerprint density at radius 3 is 2.44 bits per heavy atom. The maximum absolute atomic E-state index is 13.4. The molecule has 0 bridgehead atoms. The molecule has 162 valence electrons. The molecule has 0 heterocycles. The summed E-state index contributed by atoms with van der Waals surface area (Å²) in [7, 11) is 0. The first-order chi connectivity index (χ1) is 15.3. The second-order valence-corrected chi connectivity index (χ2v) is 9.48. The van der Waals surface area contributed by atoms with E-state index in [4.69, 9.17) is 4.74 Å². The van der Waals surface area contributed by atoms with Gasteiger partial charge in [-0.1, -0.05) is 18.2 Å². The quantitative estimate of drug-likeness (QED) is 0.182. The number of aryl methyl sites for hydroxylation is 2. The molecule has 0 aromatic heterocycles. The van der Waals surface area contributed by atoms with Crippen LogP contribution in [0.5, 0.6) is 5.75 Å². The molecule has 1 amide bonds. The summed E-state index contributed by atoms with van der Waals surface area (Å²) < 4.78 is 20.9. The van der Waals surface area contributed by atoms with Crippen LogP contribution in [0.3, 0.4) is 0 Å². The molecular weight excluding hydrogens is 633 g/mol. The van der Waals surface area contributed by atoms with Crippen molar-refractivity contribution in [2.45, 2.75) is 20.5 Å². The number of amides is 1. The van der Waals surface area contributed by atoms with Crippen molar-refractivity contribution in [2.24, 2.45) is 0 Å². The van der Waals surface area contributed by atoms with Crippen molar-refractivity contribution in [1.82, 2.24) is 0 Å². The lowest BCUT2D eigenvalue weighted by Gasteiger charge is -2.12. The van der Waals surface area contributed by atoms with Gasteiger partial charge in [-0.15, -0.1) is 0 Å². The molecule has 0 aliphatic rings. The highest BCUT2D eigenvalue weighted by Crippen LogP contribution is 2.30. The van der Waals surface area contributed by atoms with Gasteiger partial charge in [0.2, 0.25) is 0 Å². The van der Waals surface area contributed by atoms with Crippen LogP contribution in [0.15, 0.2) is 60.2 Å². The van der Waals surface area contributed by atoms with Gasteiger partial charge in [0, 0.05) is 5.69 Å². The summed E-state index contributed by atoms with van der Waals surface area (Å²) in [5.74, 6) is -0.100. The SMILES string of the molecule is Cc1ccc(NC(=O)/C(C#N)=C/c2cc(I)c(OCc3cccc(F)c3)c(I)c2)cc1C. The highest BCUT2D eigenvalue weighted by Gasteiger charge is 2.13. The lowest BCUT2D eigenvalue weighted by Crippen LogP contribution is -2.13. The van der Waals surface area contributed by atoms with Crippen LogP contribution in [-0.2, 0) is 11.4 Å². The third-order valence-electron chi connectivity index (χ3n) is 4.73. The summed E-state index contributed by atoms with van der Waals surface area (Å²) in [6.45, 7) is 4.20. The fourth-order valence-corrected chi connectivity index (χ4v) is 5.04. The van der Waals surface area contributed by atoms with Gasteiger partial charge in [0.25, 0.3) is 5.91 Å². The van der Waals surface area contributed by atoms with Crippen LogP contribution in [0, 0.1) is 38.1 Å². The average molecular weight is 652 g/mol. The molecule has 4 nitrogen and oxygen atoms in total. The Morgan fingerprint density at radius 2 is 1.81 bits per heavy atom. The van der Waals surface area contributed by atoms with Crippen LogP contribution in [0.2, 0.25) is 0 Å². The number of ether oxygens (including phenoxy) is 1. The number of carbonyl (C=O) groups is 1. The zero-order valence-electron chi connectivity index (χ0n) is 17.4. The van der Waals surface area contributed by atoms with Crippen LogP contribution >= 0.6 is 45.2 Å². The number of hydrogen-bond acceptors (Lipinski definition) is 3. The van der Waals surface area contributed by atoms with Crippen molar-refractivity contribution in [3.8, 4) is 11.8 Å². The first-order valence-corrected chi connectivity index (χ1v) is 11.8. The van der Waals surface area contributed by atoms with Crippen molar-refractivity contribution in [2.75, 3.05) is 5.32 Å². The Morgan fingerprint density at radius 1 is 1.09 bits per heavy atom. The van der Waals surface area contributed by atoms with Gasteiger partial charge in [0.05, 0.1) is 7.14 Å². The molecule has 0 aliphatic carbocycles. The van der Waals surface area contributed by atoms with Gasteiger partial charge in [0.1, 0.15) is 29.8 Å². The molecular formula is C25H19FI2N2O2. The number of benzene rings is 3. The monoisotopic (exact) mass is 652 g/mol. The van der Waals surface area contributed by atoms with Gasteiger partial charge in [-0.2, -0.15) is 5.26 Å². The molecule has 3 aromatic carbocycles. The molecule has 0 saturated heterocycles. The summed E-state index contributed by atoms with van der Waals surface area (Å²) in [6.07, 6.45) is 1.55. The second-order valence-electron chi connectivity index (χ2n) is 7.16. The summed E-state index contributed by atoms with van der Waals surface area (Å²) in [5, 5.41) is 12.3. The molecule has 32 heavy (non-hydrogen) atoms. The number of carbonyl (C=O) groups excluding carboxylic acids is 1. The summed E-state index contributed by atoms with van der Waals surface area (Å²) >= 11 is 4.29. The van der Waals surface area contributed by atoms with E-state index < -0.39 is 5.91 Å². The van der Waals surface area contributed by atoms with E-state index in [9.17, 15) is 14.4 Å². The fourth-order valence-electron chi connectivity index (χ4n) is 2.92. The molecule has 0 spiro atoms. The number of nitrogens with one attached hydrogen (secondary N) is 1. The molecule has 0 radical (unpaired) electrons. The van der Waals surface area contributed by atoms with Crippen molar-refractivity contribution in [3.05, 3.63) is 95.4 Å². The highest BCUT2D eigenvalue weighted by atomic mass is 127. The zero-order chi connectivity index (χ0) is 23.3. The van der Waals surface area contributed by atoms with Gasteiger partial charge in [-0.3, -0.25) is 4.79 Å². The maximum Gasteiger partial charge on any atom is 0.266 e. The van der Waals surface area contributed by atoms with Gasteiger partial charge >= 0.3 is 0 Å². The van der Waals surface area contributed by atoms with E-state index in [-0.39, 0.29) is 18.0 Å². The number of nitriles is 1. The van der Waals surface area contributed by atoms with Gasteiger partial charge in [-0.05, 0) is 124 Å². The Kier molecular flexibility index (Phi) is 8.26. The number of anilines is 1. The summed E-state index contributed by atoms with van der Waals surface area (Å²) in [4.78, 5) is 12.6. The van der Waals surface area contributed by atoms with Crippen molar-refractivity contribution >= 4 is 62.9 Å². The number of hydrogen-bond donors (Lipinski definition) is 1. The van der Waals surface area contributed by atoms with Crippen LogP contribution in [0.4, 0.5) is 10.1 Å². The number of nitrogens with zero attached hydrogens (tertiary/aromatic N) is 1. The minimum Gasteiger partial charge on any atom is -0.487 e. The molecule has 0 atom stereocenters. The first-order valence-electron chi connectivity index (χ1n) is 9.63. The van der Waals surface area contributed by atoms with E-state index in [1.807, 2.05) is 50.2 Å². The van der Waals surface area contributed by atoms with Gasteiger partial charge < -0.3 is 10.1 Å². The van der Waals surface area contributed by atoms with E-state index in [0.29, 0.717) is 17.0 Å². The Balaban J connectivity index is 1.77. The Bertz CT molecular complexity index is 1230. The van der Waals surface area contributed by atoms with E-state index in [2.05, 4.69) is 50.5 Å². The van der Waals surface area contributed by atoms with Crippen molar-refractivity contribution in [1.29, 1.82) is 5.26 Å². The molecule has 3 aromatic rings. The van der Waals surface area contributed by atoms with Crippen LogP contribution in [0.25, 0.3) is 6.08 Å². The molecule has 3 rings (SSSR count). The molecule has 0 aliphatic heterocycles. The largest absolute Gasteiger partial charge is 0.487 e. The molecule has 7 heteroatoms. The molecule has 0 fully saturated rings. The molecule has 0 unspecified atom stereocenters. The molecule has 1 N–H and O–H groups in total. The third-order valence-corrected chi connectivity index (χ3v) is 6.34. The standard InChI is InChI=1S/C25H19FI2N2O2/c1-15-6-7-21(8-16(15)2)30-25(31)19(13-29)9-18-11-22(27)24(23(28)12-18)32-14-17-4-3-5-20(26)10-17/h3-12H,14H2,1-2H3,(H,30,31)/b19-9+. The predicted molar refractivity (Wildman–Crippen MR) is 141 cm³/mol. The van der Waals surface area contributed by atoms with Crippen molar-refractivity contribution < 1.29 is 13.9 Å². The predicted octanol–water partition coefficient (Wildman–Crippen LogP) is 6.78. The van der Waals surface area contributed by atoms with E-state index in [0.717, 1.165) is 23.8 Å². The van der Waals surface area contributed by atoms with Gasteiger partial charge in [0.15, 0.2) is 0 Å². The average Bonchev–Trinajstić information content (AvgIpc) is 2.74. The smallest absolute Gasteiger partial charge is 0.266 e. The zero-order valence-corrected chi connectivity index (χ0v) is 21.7. The second kappa shape index (κ2) is 10.9.